The van der Waals surface area contributed by atoms with E-state index in [1.807, 2.05) is 4.90 Å². The number of nitrogens with zero attached hydrogens (tertiary/aromatic N) is 3. The van der Waals surface area contributed by atoms with E-state index in [0.29, 0.717) is 37.4 Å². The van der Waals surface area contributed by atoms with Gasteiger partial charge >= 0.3 is 0 Å². The molecule has 1 aliphatic rings. The van der Waals surface area contributed by atoms with Gasteiger partial charge in [-0.3, -0.25) is 14.9 Å². The number of phenols is 1. The number of phenolic OH excluding ortho intramolecular Hbond substituents is 1. The van der Waals surface area contributed by atoms with Gasteiger partial charge in [-0.2, -0.15) is 0 Å². The Labute approximate surface area is 138 Å². The standard InChI is InChI=1S/C17H17N3O4/c21-14-7-5-13(6-8-14)17(22)19-11-9-18(10-12-19)15-3-1-2-4-16(15)20(23)24/h1-8,21H,9-12H2. The molecule has 0 atom stereocenters. The summed E-state index contributed by atoms with van der Waals surface area (Å²) in [5.41, 5.74) is 1.18. The van der Waals surface area contributed by atoms with Crippen molar-refractivity contribution in [3.05, 3.63) is 64.2 Å². The van der Waals surface area contributed by atoms with Crippen molar-refractivity contribution in [3.63, 3.8) is 0 Å². The molecule has 24 heavy (non-hydrogen) atoms. The van der Waals surface area contributed by atoms with Crippen LogP contribution in [0.1, 0.15) is 10.4 Å². The van der Waals surface area contributed by atoms with E-state index >= 15 is 0 Å². The van der Waals surface area contributed by atoms with E-state index in [1.165, 1.54) is 18.2 Å². The number of piperazine rings is 1. The van der Waals surface area contributed by atoms with Crippen molar-refractivity contribution < 1.29 is 14.8 Å². The number of amides is 1. The van der Waals surface area contributed by atoms with Crippen molar-refractivity contribution in [3.8, 4) is 5.75 Å². The molecule has 0 bridgehead atoms. The van der Waals surface area contributed by atoms with Crippen LogP contribution in [0, 0.1) is 10.1 Å². The van der Waals surface area contributed by atoms with E-state index in [1.54, 1.807) is 35.2 Å². The Morgan fingerprint density at radius 3 is 2.25 bits per heavy atom. The first-order valence-corrected chi connectivity index (χ1v) is 7.63. The van der Waals surface area contributed by atoms with Crippen molar-refractivity contribution in [1.82, 2.24) is 4.90 Å². The molecule has 2 aromatic carbocycles. The number of carbonyl (C=O) groups is 1. The molecular formula is C17H17N3O4. The van der Waals surface area contributed by atoms with Gasteiger partial charge < -0.3 is 14.9 Å². The molecule has 0 saturated carbocycles. The van der Waals surface area contributed by atoms with Crippen LogP contribution in [0.4, 0.5) is 11.4 Å². The second-order valence-electron chi connectivity index (χ2n) is 5.57. The monoisotopic (exact) mass is 327 g/mol. The highest BCUT2D eigenvalue weighted by Gasteiger charge is 2.25. The van der Waals surface area contributed by atoms with Gasteiger partial charge in [-0.15, -0.1) is 0 Å². The van der Waals surface area contributed by atoms with Gasteiger partial charge in [0.2, 0.25) is 0 Å². The summed E-state index contributed by atoms with van der Waals surface area (Å²) < 4.78 is 0. The minimum Gasteiger partial charge on any atom is -0.508 e. The zero-order chi connectivity index (χ0) is 17.1. The third-order valence-electron chi connectivity index (χ3n) is 4.10. The fraction of sp³-hybridized carbons (Fsp3) is 0.235. The first-order valence-electron chi connectivity index (χ1n) is 7.63. The Morgan fingerprint density at radius 1 is 1.00 bits per heavy atom. The molecular weight excluding hydrogens is 310 g/mol. The maximum absolute atomic E-state index is 12.4. The van der Waals surface area contributed by atoms with Crippen LogP contribution < -0.4 is 4.90 Å². The molecule has 0 aromatic heterocycles. The molecule has 0 spiro atoms. The molecule has 1 fully saturated rings. The first-order chi connectivity index (χ1) is 11.6. The van der Waals surface area contributed by atoms with Gasteiger partial charge in [0, 0.05) is 37.8 Å². The van der Waals surface area contributed by atoms with Gasteiger partial charge in [0.25, 0.3) is 11.6 Å². The molecule has 1 heterocycles. The van der Waals surface area contributed by atoms with Crippen LogP contribution in [-0.4, -0.2) is 47.0 Å². The molecule has 0 unspecified atom stereocenters. The number of hydrogen-bond donors (Lipinski definition) is 1. The van der Waals surface area contributed by atoms with Gasteiger partial charge in [-0.05, 0) is 30.3 Å². The largest absolute Gasteiger partial charge is 0.508 e. The average molecular weight is 327 g/mol. The Morgan fingerprint density at radius 2 is 1.62 bits per heavy atom. The van der Waals surface area contributed by atoms with Gasteiger partial charge in [0.15, 0.2) is 0 Å². The SMILES string of the molecule is O=C(c1ccc(O)cc1)N1CCN(c2ccccc2[N+](=O)[O-])CC1. The van der Waals surface area contributed by atoms with Crippen LogP contribution >= 0.6 is 0 Å². The van der Waals surface area contributed by atoms with Crippen LogP contribution in [-0.2, 0) is 0 Å². The lowest BCUT2D eigenvalue weighted by Crippen LogP contribution is -2.48. The highest BCUT2D eigenvalue weighted by molar-refractivity contribution is 5.94. The van der Waals surface area contributed by atoms with Crippen LogP contribution in [0.5, 0.6) is 5.75 Å². The molecule has 7 heteroatoms. The van der Waals surface area contributed by atoms with E-state index in [2.05, 4.69) is 0 Å². The predicted molar refractivity (Wildman–Crippen MR) is 89.3 cm³/mol. The molecule has 0 aliphatic carbocycles. The third kappa shape index (κ3) is 3.15. The van der Waals surface area contributed by atoms with Gasteiger partial charge in [0.05, 0.1) is 4.92 Å². The van der Waals surface area contributed by atoms with Crippen LogP contribution in [0.15, 0.2) is 48.5 Å². The number of nitro groups is 1. The van der Waals surface area contributed by atoms with Crippen molar-refractivity contribution >= 4 is 17.3 Å². The number of carbonyl (C=O) groups excluding carboxylic acids is 1. The summed E-state index contributed by atoms with van der Waals surface area (Å²) >= 11 is 0. The summed E-state index contributed by atoms with van der Waals surface area (Å²) in [5, 5.41) is 20.4. The predicted octanol–water partition coefficient (Wildman–Crippen LogP) is 2.26. The van der Waals surface area contributed by atoms with E-state index in [0.717, 1.165) is 0 Å². The van der Waals surface area contributed by atoms with Crippen LogP contribution in [0.2, 0.25) is 0 Å². The van der Waals surface area contributed by atoms with E-state index in [-0.39, 0.29) is 22.3 Å². The normalized spacial score (nSPS) is 14.5. The van der Waals surface area contributed by atoms with Gasteiger partial charge in [-0.25, -0.2) is 0 Å². The molecule has 3 rings (SSSR count). The number of hydrogen-bond acceptors (Lipinski definition) is 5. The minimum absolute atomic E-state index is 0.0795. The molecule has 0 radical (unpaired) electrons. The Bertz CT molecular complexity index is 753. The Balaban J connectivity index is 1.69. The summed E-state index contributed by atoms with van der Waals surface area (Å²) in [6.07, 6.45) is 0. The van der Waals surface area contributed by atoms with E-state index in [4.69, 9.17) is 0 Å². The van der Waals surface area contributed by atoms with Gasteiger partial charge in [0.1, 0.15) is 11.4 Å². The lowest BCUT2D eigenvalue weighted by atomic mass is 10.1. The quantitative estimate of drug-likeness (QED) is 0.690. The van der Waals surface area contributed by atoms with Crippen LogP contribution in [0.3, 0.4) is 0 Å². The highest BCUT2D eigenvalue weighted by Crippen LogP contribution is 2.28. The summed E-state index contributed by atoms with van der Waals surface area (Å²) in [5.74, 6) is 0.0185. The van der Waals surface area contributed by atoms with Crippen molar-refractivity contribution in [2.45, 2.75) is 0 Å². The Kier molecular flexibility index (Phi) is 4.33. The van der Waals surface area contributed by atoms with Crippen molar-refractivity contribution in [2.24, 2.45) is 0 Å². The number of rotatable bonds is 3. The van der Waals surface area contributed by atoms with E-state index < -0.39 is 0 Å². The summed E-state index contributed by atoms with van der Waals surface area (Å²) in [4.78, 5) is 26.9. The van der Waals surface area contributed by atoms with Crippen molar-refractivity contribution in [1.29, 1.82) is 0 Å². The molecule has 1 aliphatic heterocycles. The maximum Gasteiger partial charge on any atom is 0.292 e. The average Bonchev–Trinajstić information content (AvgIpc) is 2.62. The highest BCUT2D eigenvalue weighted by atomic mass is 16.6. The second-order valence-corrected chi connectivity index (χ2v) is 5.57. The molecule has 2 aromatic rings. The molecule has 1 amide bonds. The first kappa shape index (κ1) is 15.8. The molecule has 124 valence electrons. The lowest BCUT2D eigenvalue weighted by Gasteiger charge is -2.35. The number of aromatic hydroxyl groups is 1. The fourth-order valence-electron chi connectivity index (χ4n) is 2.82. The Hall–Kier alpha value is -3.09. The number of anilines is 1. The fourth-order valence-corrected chi connectivity index (χ4v) is 2.82. The van der Waals surface area contributed by atoms with E-state index in [9.17, 15) is 20.0 Å². The third-order valence-corrected chi connectivity index (χ3v) is 4.10. The molecule has 1 saturated heterocycles. The topological polar surface area (TPSA) is 86.9 Å². The smallest absolute Gasteiger partial charge is 0.292 e. The number of nitro benzene ring substituents is 1. The lowest BCUT2D eigenvalue weighted by molar-refractivity contribution is -0.384. The minimum atomic E-state index is -0.386. The molecule has 1 N–H and O–H groups in total. The van der Waals surface area contributed by atoms with Crippen molar-refractivity contribution in [2.75, 3.05) is 31.1 Å². The van der Waals surface area contributed by atoms with Gasteiger partial charge in [-0.1, -0.05) is 12.1 Å². The zero-order valence-electron chi connectivity index (χ0n) is 13.0. The number of benzene rings is 2. The number of para-hydroxylation sites is 2. The summed E-state index contributed by atoms with van der Waals surface area (Å²) in [7, 11) is 0. The summed E-state index contributed by atoms with van der Waals surface area (Å²) in [6.45, 7) is 2.06. The maximum atomic E-state index is 12.4. The zero-order valence-corrected chi connectivity index (χ0v) is 13.0. The van der Waals surface area contributed by atoms with Crippen LogP contribution in [0.25, 0.3) is 0 Å². The summed E-state index contributed by atoms with van der Waals surface area (Å²) in [6, 6.07) is 12.8. The second kappa shape index (κ2) is 6.57. The molecule has 7 nitrogen and oxygen atoms in total.